The molecule has 19 heavy (non-hydrogen) atoms. The van der Waals surface area contributed by atoms with Gasteiger partial charge in [0.15, 0.2) is 9.84 Å². The number of nitrogens with one attached hydrogen (secondary N) is 1. The van der Waals surface area contributed by atoms with Crippen LogP contribution in [0.25, 0.3) is 0 Å². The van der Waals surface area contributed by atoms with Crippen molar-refractivity contribution in [3.8, 4) is 0 Å². The van der Waals surface area contributed by atoms with E-state index in [4.69, 9.17) is 5.73 Å². The van der Waals surface area contributed by atoms with Crippen molar-refractivity contribution < 1.29 is 13.2 Å². The maximum atomic E-state index is 12.1. The smallest absolute Gasteiger partial charge is 0.252 e. The van der Waals surface area contributed by atoms with Gasteiger partial charge in [0.2, 0.25) is 0 Å². The van der Waals surface area contributed by atoms with Gasteiger partial charge in [0.25, 0.3) is 5.91 Å². The van der Waals surface area contributed by atoms with Crippen LogP contribution in [0, 0.1) is 0 Å². The number of nitrogens with two attached hydrogens (primary N) is 1. The topological polar surface area (TPSA) is 89.3 Å². The fraction of sp³-hybridized carbons (Fsp3) is 0.417. The SMILES string of the molecule is CC(C)S(=O)(=O)c1ccccc1C(=O)NCCN.Cl. The highest BCUT2D eigenvalue weighted by atomic mass is 35.5. The summed E-state index contributed by atoms with van der Waals surface area (Å²) in [4.78, 5) is 11.9. The lowest BCUT2D eigenvalue weighted by Crippen LogP contribution is -2.30. The summed E-state index contributed by atoms with van der Waals surface area (Å²) in [5.74, 6) is -0.416. The molecule has 3 N–H and O–H groups in total. The highest BCUT2D eigenvalue weighted by molar-refractivity contribution is 7.92. The lowest BCUT2D eigenvalue weighted by molar-refractivity contribution is 0.0951. The molecule has 1 aromatic carbocycles. The Morgan fingerprint density at radius 3 is 2.42 bits per heavy atom. The van der Waals surface area contributed by atoms with E-state index in [1.54, 1.807) is 26.0 Å². The number of amides is 1. The van der Waals surface area contributed by atoms with Crippen LogP contribution in [0.5, 0.6) is 0 Å². The molecule has 0 atom stereocenters. The van der Waals surface area contributed by atoms with Crippen LogP contribution in [0.1, 0.15) is 24.2 Å². The third-order valence-corrected chi connectivity index (χ3v) is 4.70. The zero-order valence-electron chi connectivity index (χ0n) is 10.9. The molecule has 0 aliphatic rings. The van der Waals surface area contributed by atoms with Crippen LogP contribution in [-0.4, -0.2) is 32.7 Å². The normalized spacial score (nSPS) is 10.9. The highest BCUT2D eigenvalue weighted by Gasteiger charge is 2.24. The van der Waals surface area contributed by atoms with Gasteiger partial charge in [-0.05, 0) is 26.0 Å². The first kappa shape index (κ1) is 17.9. The summed E-state index contributed by atoms with van der Waals surface area (Å²) < 4.78 is 24.3. The van der Waals surface area contributed by atoms with Crippen LogP contribution >= 0.6 is 12.4 Å². The third kappa shape index (κ3) is 4.19. The zero-order chi connectivity index (χ0) is 13.8. The summed E-state index contributed by atoms with van der Waals surface area (Å²) in [7, 11) is -3.47. The van der Waals surface area contributed by atoms with Gasteiger partial charge in [0, 0.05) is 13.1 Å². The Bertz CT molecular complexity index is 530. The summed E-state index contributed by atoms with van der Waals surface area (Å²) >= 11 is 0. The Kier molecular flexibility index (Phi) is 7.04. The van der Waals surface area contributed by atoms with E-state index in [2.05, 4.69) is 5.32 Å². The maximum Gasteiger partial charge on any atom is 0.252 e. The van der Waals surface area contributed by atoms with Crippen LogP contribution in [-0.2, 0) is 9.84 Å². The highest BCUT2D eigenvalue weighted by Crippen LogP contribution is 2.20. The Balaban J connectivity index is 0.00000324. The second kappa shape index (κ2) is 7.47. The van der Waals surface area contributed by atoms with Crippen LogP contribution in [0.4, 0.5) is 0 Å². The average molecular weight is 307 g/mol. The molecular formula is C12H19ClN2O3S. The van der Waals surface area contributed by atoms with E-state index in [0.717, 1.165) is 0 Å². The molecule has 0 fully saturated rings. The van der Waals surface area contributed by atoms with E-state index in [1.165, 1.54) is 12.1 Å². The van der Waals surface area contributed by atoms with Gasteiger partial charge in [-0.25, -0.2) is 8.42 Å². The van der Waals surface area contributed by atoms with E-state index in [-0.39, 0.29) is 22.9 Å². The molecule has 1 aromatic rings. The number of carbonyl (C=O) groups is 1. The summed E-state index contributed by atoms with van der Waals surface area (Å²) in [6, 6.07) is 6.19. The fourth-order valence-electron chi connectivity index (χ4n) is 1.44. The maximum absolute atomic E-state index is 12.1. The van der Waals surface area contributed by atoms with Gasteiger partial charge in [0.05, 0.1) is 15.7 Å². The molecule has 0 radical (unpaired) electrons. The molecule has 0 aliphatic heterocycles. The standard InChI is InChI=1S/C12H18N2O3S.ClH/c1-9(2)18(16,17)11-6-4-3-5-10(11)12(15)14-8-7-13;/h3-6,9H,7-8,13H2,1-2H3,(H,14,15);1H. The molecule has 0 spiro atoms. The predicted octanol–water partition coefficient (Wildman–Crippen LogP) is 0.979. The molecule has 1 rings (SSSR count). The molecule has 0 heterocycles. The van der Waals surface area contributed by atoms with Crippen molar-refractivity contribution in [3.63, 3.8) is 0 Å². The predicted molar refractivity (Wildman–Crippen MR) is 77.4 cm³/mol. The van der Waals surface area contributed by atoms with Crippen molar-refractivity contribution >= 4 is 28.2 Å². The summed E-state index contributed by atoms with van der Waals surface area (Å²) in [5.41, 5.74) is 5.46. The van der Waals surface area contributed by atoms with Crippen molar-refractivity contribution in [2.75, 3.05) is 13.1 Å². The molecule has 0 saturated heterocycles. The van der Waals surface area contributed by atoms with Crippen LogP contribution in [0.3, 0.4) is 0 Å². The first-order valence-corrected chi connectivity index (χ1v) is 7.27. The Hall–Kier alpha value is -1.11. The molecule has 7 heteroatoms. The van der Waals surface area contributed by atoms with E-state index in [1.807, 2.05) is 0 Å². The monoisotopic (exact) mass is 306 g/mol. The summed E-state index contributed by atoms with van der Waals surface area (Å²) in [5, 5.41) is 2.00. The minimum absolute atomic E-state index is 0. The zero-order valence-corrected chi connectivity index (χ0v) is 12.6. The van der Waals surface area contributed by atoms with Gasteiger partial charge < -0.3 is 11.1 Å². The first-order valence-electron chi connectivity index (χ1n) is 5.72. The fourth-order valence-corrected chi connectivity index (χ4v) is 2.68. The van der Waals surface area contributed by atoms with Gasteiger partial charge in [-0.15, -0.1) is 12.4 Å². The first-order chi connectivity index (χ1) is 8.41. The van der Waals surface area contributed by atoms with Crippen molar-refractivity contribution in [1.29, 1.82) is 0 Å². The number of benzene rings is 1. The van der Waals surface area contributed by atoms with Gasteiger partial charge in [-0.3, -0.25) is 4.79 Å². The molecule has 108 valence electrons. The van der Waals surface area contributed by atoms with Crippen LogP contribution in [0.2, 0.25) is 0 Å². The average Bonchev–Trinajstić information content (AvgIpc) is 2.35. The minimum atomic E-state index is -3.47. The molecule has 1 amide bonds. The van der Waals surface area contributed by atoms with Gasteiger partial charge in [-0.1, -0.05) is 12.1 Å². The molecule has 0 aromatic heterocycles. The molecule has 0 unspecified atom stereocenters. The number of halogens is 1. The molecule has 5 nitrogen and oxygen atoms in total. The van der Waals surface area contributed by atoms with E-state index >= 15 is 0 Å². The van der Waals surface area contributed by atoms with Crippen LogP contribution in [0.15, 0.2) is 29.2 Å². The molecule has 0 saturated carbocycles. The van der Waals surface area contributed by atoms with Gasteiger partial charge in [0.1, 0.15) is 0 Å². The Morgan fingerprint density at radius 1 is 1.32 bits per heavy atom. The van der Waals surface area contributed by atoms with E-state index in [9.17, 15) is 13.2 Å². The minimum Gasteiger partial charge on any atom is -0.351 e. The second-order valence-electron chi connectivity index (χ2n) is 4.13. The van der Waals surface area contributed by atoms with E-state index < -0.39 is 21.0 Å². The van der Waals surface area contributed by atoms with Crippen molar-refractivity contribution in [1.82, 2.24) is 5.32 Å². The van der Waals surface area contributed by atoms with Crippen molar-refractivity contribution in [2.24, 2.45) is 5.73 Å². The second-order valence-corrected chi connectivity index (χ2v) is 6.61. The molecular weight excluding hydrogens is 288 g/mol. The van der Waals surface area contributed by atoms with Crippen molar-refractivity contribution in [2.45, 2.75) is 24.0 Å². The van der Waals surface area contributed by atoms with E-state index in [0.29, 0.717) is 13.1 Å². The Morgan fingerprint density at radius 2 is 1.89 bits per heavy atom. The quantitative estimate of drug-likeness (QED) is 0.848. The number of rotatable bonds is 5. The summed E-state index contributed by atoms with van der Waals surface area (Å²) in [6.45, 7) is 3.80. The lowest BCUT2D eigenvalue weighted by atomic mass is 10.2. The van der Waals surface area contributed by atoms with Gasteiger partial charge in [-0.2, -0.15) is 0 Å². The number of sulfone groups is 1. The van der Waals surface area contributed by atoms with Crippen LogP contribution < -0.4 is 11.1 Å². The molecule has 0 bridgehead atoms. The van der Waals surface area contributed by atoms with Crippen molar-refractivity contribution in [3.05, 3.63) is 29.8 Å². The Labute approximate surface area is 119 Å². The van der Waals surface area contributed by atoms with Gasteiger partial charge >= 0.3 is 0 Å². The number of hydrogen-bond acceptors (Lipinski definition) is 4. The summed E-state index contributed by atoms with van der Waals surface area (Å²) in [6.07, 6.45) is 0. The largest absolute Gasteiger partial charge is 0.351 e. The number of hydrogen-bond donors (Lipinski definition) is 2. The molecule has 0 aliphatic carbocycles. The lowest BCUT2D eigenvalue weighted by Gasteiger charge is -2.12. The number of carbonyl (C=O) groups excluding carboxylic acids is 1. The third-order valence-electron chi connectivity index (χ3n) is 2.49.